The molecule has 0 amide bonds. The molecule has 0 saturated heterocycles. The summed E-state index contributed by atoms with van der Waals surface area (Å²) in [5.41, 5.74) is -0.0874. The van der Waals surface area contributed by atoms with Crippen molar-refractivity contribution in [2.24, 2.45) is 0 Å². The standard InChI is InChI=1S/C7H6N4O3S/c12-2-4-9-7-8-1-3(6(13)14)5(15)11(7)10-4/h1,12H,2H2,(H,13,14)(H,8,9,10). The molecule has 2 aromatic rings. The molecule has 3 N–H and O–H groups in total. The summed E-state index contributed by atoms with van der Waals surface area (Å²) in [4.78, 5) is 18.4. The highest BCUT2D eigenvalue weighted by Gasteiger charge is 2.11. The fourth-order valence-corrected chi connectivity index (χ4v) is 1.39. The van der Waals surface area contributed by atoms with Crippen LogP contribution in [-0.2, 0) is 6.61 Å². The number of carbonyl (C=O) groups is 1. The Bertz CT molecular complexity index is 587. The summed E-state index contributed by atoms with van der Waals surface area (Å²) in [6, 6.07) is 0. The predicted octanol–water partition coefficient (Wildman–Crippen LogP) is -0.0226. The van der Waals surface area contributed by atoms with Crippen LogP contribution in [0, 0.1) is 4.64 Å². The van der Waals surface area contributed by atoms with Gasteiger partial charge in [0.1, 0.15) is 16.8 Å². The number of rotatable bonds is 2. The molecular weight excluding hydrogens is 220 g/mol. The molecule has 0 spiro atoms. The molecular formula is C7H6N4O3S. The third kappa shape index (κ3) is 1.49. The Hall–Kier alpha value is -1.80. The Morgan fingerprint density at radius 1 is 1.67 bits per heavy atom. The van der Waals surface area contributed by atoms with Crippen LogP contribution in [-0.4, -0.2) is 35.8 Å². The largest absolute Gasteiger partial charge is 0.478 e. The Kier molecular flexibility index (Phi) is 2.21. The van der Waals surface area contributed by atoms with Gasteiger partial charge < -0.3 is 10.2 Å². The van der Waals surface area contributed by atoms with Crippen molar-refractivity contribution in [1.82, 2.24) is 19.6 Å². The second-order valence-electron chi connectivity index (χ2n) is 2.75. The highest BCUT2D eigenvalue weighted by molar-refractivity contribution is 7.71. The molecule has 2 aromatic heterocycles. The SMILES string of the molecule is O=C(O)c1cnc2nc(CO)[nH]n2c1=S. The van der Waals surface area contributed by atoms with Crippen LogP contribution in [0.4, 0.5) is 0 Å². The van der Waals surface area contributed by atoms with E-state index in [1.807, 2.05) is 0 Å². The highest BCUT2D eigenvalue weighted by Crippen LogP contribution is 2.05. The summed E-state index contributed by atoms with van der Waals surface area (Å²) < 4.78 is 1.31. The van der Waals surface area contributed by atoms with Crippen LogP contribution in [0.1, 0.15) is 16.2 Å². The van der Waals surface area contributed by atoms with Gasteiger partial charge >= 0.3 is 5.97 Å². The second kappa shape index (κ2) is 3.41. The number of aliphatic hydroxyl groups excluding tert-OH is 1. The van der Waals surface area contributed by atoms with Crippen molar-refractivity contribution < 1.29 is 15.0 Å². The smallest absolute Gasteiger partial charge is 0.340 e. The van der Waals surface area contributed by atoms with Crippen LogP contribution in [0.3, 0.4) is 0 Å². The van der Waals surface area contributed by atoms with Gasteiger partial charge in [-0.25, -0.2) is 14.3 Å². The van der Waals surface area contributed by atoms with Crippen molar-refractivity contribution >= 4 is 24.0 Å². The number of aromatic nitrogens is 4. The van der Waals surface area contributed by atoms with Gasteiger partial charge in [0.05, 0.1) is 0 Å². The van der Waals surface area contributed by atoms with E-state index in [9.17, 15) is 4.79 Å². The monoisotopic (exact) mass is 226 g/mol. The summed E-state index contributed by atoms with van der Waals surface area (Å²) in [6.45, 7) is -0.291. The normalized spacial score (nSPS) is 10.7. The maximum Gasteiger partial charge on any atom is 0.340 e. The fraction of sp³-hybridized carbons (Fsp3) is 0.143. The van der Waals surface area contributed by atoms with Gasteiger partial charge in [-0.15, -0.1) is 0 Å². The minimum Gasteiger partial charge on any atom is -0.478 e. The lowest BCUT2D eigenvalue weighted by Crippen LogP contribution is -2.04. The lowest BCUT2D eigenvalue weighted by Gasteiger charge is -1.95. The molecule has 7 nitrogen and oxygen atoms in total. The minimum absolute atomic E-state index is 0.0692. The zero-order valence-corrected chi connectivity index (χ0v) is 8.15. The van der Waals surface area contributed by atoms with Crippen LogP contribution in [0.5, 0.6) is 0 Å². The zero-order valence-electron chi connectivity index (χ0n) is 7.34. The van der Waals surface area contributed by atoms with E-state index in [1.165, 1.54) is 4.52 Å². The maximum atomic E-state index is 10.7. The van der Waals surface area contributed by atoms with Gasteiger partial charge in [-0.2, -0.15) is 4.98 Å². The van der Waals surface area contributed by atoms with E-state index in [2.05, 4.69) is 15.1 Å². The van der Waals surface area contributed by atoms with E-state index in [0.29, 0.717) is 0 Å². The third-order valence-electron chi connectivity index (χ3n) is 1.80. The zero-order chi connectivity index (χ0) is 11.0. The lowest BCUT2D eigenvalue weighted by atomic mass is 10.3. The van der Waals surface area contributed by atoms with E-state index >= 15 is 0 Å². The number of nitrogens with one attached hydrogen (secondary N) is 1. The van der Waals surface area contributed by atoms with Gasteiger partial charge in [-0.05, 0) is 0 Å². The van der Waals surface area contributed by atoms with E-state index < -0.39 is 5.97 Å². The molecule has 0 aliphatic rings. The van der Waals surface area contributed by atoms with E-state index in [1.54, 1.807) is 0 Å². The molecule has 2 rings (SSSR count). The number of nitrogens with zero attached hydrogens (tertiary/aromatic N) is 3. The first kappa shape index (κ1) is 9.74. The summed E-state index contributed by atoms with van der Waals surface area (Å²) in [7, 11) is 0. The molecule has 15 heavy (non-hydrogen) atoms. The number of H-pyrrole nitrogens is 1. The fourth-order valence-electron chi connectivity index (χ4n) is 1.12. The summed E-state index contributed by atoms with van der Waals surface area (Å²) >= 11 is 4.92. The van der Waals surface area contributed by atoms with Crippen molar-refractivity contribution in [3.8, 4) is 0 Å². The van der Waals surface area contributed by atoms with Gasteiger partial charge in [0.15, 0.2) is 5.82 Å². The molecule has 0 saturated carbocycles. The van der Waals surface area contributed by atoms with Crippen molar-refractivity contribution in [3.63, 3.8) is 0 Å². The number of aromatic amines is 1. The summed E-state index contributed by atoms with van der Waals surface area (Å²) in [6.07, 6.45) is 1.14. The van der Waals surface area contributed by atoms with Crippen molar-refractivity contribution in [1.29, 1.82) is 0 Å². The predicted molar refractivity (Wildman–Crippen MR) is 51.1 cm³/mol. The van der Waals surface area contributed by atoms with Gasteiger partial charge in [0.25, 0.3) is 5.78 Å². The van der Waals surface area contributed by atoms with Crippen LogP contribution in [0.15, 0.2) is 6.20 Å². The van der Waals surface area contributed by atoms with E-state index in [4.69, 9.17) is 22.4 Å². The quantitative estimate of drug-likeness (QED) is 0.621. The molecule has 0 atom stereocenters. The first-order chi connectivity index (χ1) is 7.13. The number of aromatic carboxylic acids is 1. The summed E-state index contributed by atoms with van der Waals surface area (Å²) in [5, 5.41) is 20.2. The van der Waals surface area contributed by atoms with Crippen LogP contribution >= 0.6 is 12.2 Å². The molecule has 78 valence electrons. The topological polar surface area (TPSA) is 104 Å². The average Bonchev–Trinajstić information content (AvgIpc) is 2.61. The average molecular weight is 226 g/mol. The molecule has 0 aliphatic heterocycles. The Morgan fingerprint density at radius 2 is 2.40 bits per heavy atom. The summed E-state index contributed by atoms with van der Waals surface area (Å²) in [5.74, 6) is -0.646. The molecule has 0 aromatic carbocycles. The van der Waals surface area contributed by atoms with Gasteiger partial charge in [0.2, 0.25) is 0 Å². The van der Waals surface area contributed by atoms with Crippen LogP contribution in [0.25, 0.3) is 5.78 Å². The maximum absolute atomic E-state index is 10.7. The second-order valence-corrected chi connectivity index (χ2v) is 3.13. The number of fused-ring (bicyclic) bond motifs is 1. The molecule has 0 unspecified atom stereocenters. The van der Waals surface area contributed by atoms with E-state index in [0.717, 1.165) is 6.20 Å². The Labute approximate surface area is 88.0 Å². The number of hydrogen-bond donors (Lipinski definition) is 3. The highest BCUT2D eigenvalue weighted by atomic mass is 32.1. The molecule has 0 radical (unpaired) electrons. The first-order valence-corrected chi connectivity index (χ1v) is 4.35. The van der Waals surface area contributed by atoms with E-state index in [-0.39, 0.29) is 28.4 Å². The number of hydrogen-bond acceptors (Lipinski definition) is 5. The number of carboxylic acids is 1. The minimum atomic E-state index is -1.15. The third-order valence-corrected chi connectivity index (χ3v) is 2.20. The van der Waals surface area contributed by atoms with Gasteiger partial charge in [-0.3, -0.25) is 5.10 Å². The molecule has 0 aliphatic carbocycles. The van der Waals surface area contributed by atoms with Crippen molar-refractivity contribution in [2.45, 2.75) is 6.61 Å². The lowest BCUT2D eigenvalue weighted by molar-refractivity contribution is 0.0695. The van der Waals surface area contributed by atoms with Gasteiger partial charge in [0, 0.05) is 6.20 Å². The molecule has 8 heteroatoms. The molecule has 2 heterocycles. The molecule has 0 fully saturated rings. The van der Waals surface area contributed by atoms with Crippen LogP contribution in [0.2, 0.25) is 0 Å². The number of carboxylic acid groups (broad SMARTS) is 1. The van der Waals surface area contributed by atoms with Crippen molar-refractivity contribution in [3.05, 3.63) is 22.2 Å². The van der Waals surface area contributed by atoms with Gasteiger partial charge in [-0.1, -0.05) is 12.2 Å². The van der Waals surface area contributed by atoms with Crippen LogP contribution < -0.4 is 0 Å². The first-order valence-electron chi connectivity index (χ1n) is 3.94. The molecule has 0 bridgehead atoms. The number of aliphatic hydroxyl groups is 1. The Balaban J connectivity index is 2.78. The van der Waals surface area contributed by atoms with Crippen molar-refractivity contribution in [2.75, 3.05) is 0 Å². The Morgan fingerprint density at radius 3 is 3.00 bits per heavy atom.